The minimum Gasteiger partial charge on any atom is -0.545 e. The molecule has 0 amide bonds. The van der Waals surface area contributed by atoms with Crippen molar-refractivity contribution in [3.63, 3.8) is 0 Å². The van der Waals surface area contributed by atoms with Gasteiger partial charge in [0.2, 0.25) is 0 Å². The second-order valence-corrected chi connectivity index (χ2v) is 8.23. The number of carbonyl (C=O) groups excluding carboxylic acids is 2. The molecule has 0 aliphatic heterocycles. The summed E-state index contributed by atoms with van der Waals surface area (Å²) in [5.41, 5.74) is 2.82. The van der Waals surface area contributed by atoms with E-state index >= 15 is 0 Å². The molecule has 0 atom stereocenters. The number of benzene rings is 2. The number of hydrogen-bond acceptors (Lipinski definition) is 4. The third-order valence-corrected chi connectivity index (χ3v) is 3.97. The maximum atomic E-state index is 10.5. The van der Waals surface area contributed by atoms with E-state index in [2.05, 4.69) is 41.5 Å². The van der Waals surface area contributed by atoms with Gasteiger partial charge in [-0.2, -0.15) is 0 Å². The second-order valence-electron chi connectivity index (χ2n) is 8.23. The van der Waals surface area contributed by atoms with Crippen LogP contribution >= 0.6 is 0 Å². The molecule has 0 heterocycles. The summed E-state index contributed by atoms with van der Waals surface area (Å²) in [4.78, 5) is 20.9. The molecule has 2 aromatic rings. The van der Waals surface area contributed by atoms with Crippen LogP contribution in [0.5, 0.6) is 0 Å². The van der Waals surface area contributed by atoms with Gasteiger partial charge in [0.1, 0.15) is 0 Å². The fourth-order valence-electron chi connectivity index (χ4n) is 2.21. The Balaban J connectivity index is 0.000000483. The number of hydrogen-bond donors (Lipinski definition) is 0. The molecule has 0 aliphatic carbocycles. The molecule has 27 heavy (non-hydrogen) atoms. The molecular weight excluding hydrogens is 416 g/mol. The van der Waals surface area contributed by atoms with E-state index < -0.39 is 11.9 Å². The number of carboxylic acids is 2. The van der Waals surface area contributed by atoms with Gasteiger partial charge in [-0.3, -0.25) is 0 Å². The normalized spacial score (nSPS) is 10.9. The molecule has 0 bridgehead atoms. The van der Waals surface area contributed by atoms with Gasteiger partial charge in [-0.15, -0.1) is 0 Å². The van der Waals surface area contributed by atoms with Gasteiger partial charge in [-0.25, -0.2) is 0 Å². The van der Waals surface area contributed by atoms with Gasteiger partial charge in [-0.05, 0) is 33.1 Å². The Morgan fingerprint density at radius 3 is 0.963 bits per heavy atom. The number of rotatable bonds is 2. The molecule has 0 fully saturated rings. The molecule has 0 aliphatic rings. The Labute approximate surface area is 198 Å². The van der Waals surface area contributed by atoms with Gasteiger partial charge in [0.25, 0.3) is 0 Å². The summed E-state index contributed by atoms with van der Waals surface area (Å²) in [5.74, 6) is -2.25. The van der Waals surface area contributed by atoms with E-state index in [1.54, 1.807) is 24.3 Å². The largest absolute Gasteiger partial charge is 2.00 e. The quantitative estimate of drug-likeness (QED) is 0.669. The molecule has 0 unspecified atom stereocenters. The van der Waals surface area contributed by atoms with Crippen LogP contribution in [0.2, 0.25) is 0 Å². The summed E-state index contributed by atoms with van der Waals surface area (Å²) in [6.07, 6.45) is 0. The van der Waals surface area contributed by atoms with Gasteiger partial charge in [0.15, 0.2) is 0 Å². The standard InChI is InChI=1S/2C11H14O2.Sr/c2*1-11(2,3)9-6-4-8(5-7-9)10(12)13;/h2*4-7H,1-3H3,(H,12,13);/q;;+2/p-2. The van der Waals surface area contributed by atoms with Crippen LogP contribution in [0.1, 0.15) is 73.4 Å². The van der Waals surface area contributed by atoms with Gasteiger partial charge >= 0.3 is 45.5 Å². The zero-order valence-corrected chi connectivity index (χ0v) is 20.4. The van der Waals surface area contributed by atoms with Crippen LogP contribution < -0.4 is 10.2 Å². The van der Waals surface area contributed by atoms with Crippen molar-refractivity contribution >= 4 is 57.4 Å². The first-order valence-electron chi connectivity index (χ1n) is 8.46. The molecule has 0 saturated heterocycles. The van der Waals surface area contributed by atoms with Crippen LogP contribution in [-0.2, 0) is 10.8 Å². The van der Waals surface area contributed by atoms with Crippen molar-refractivity contribution in [2.75, 3.05) is 0 Å². The monoisotopic (exact) mass is 442 g/mol. The molecule has 0 spiro atoms. The van der Waals surface area contributed by atoms with Crippen LogP contribution in [-0.4, -0.2) is 57.4 Å². The Bertz CT molecular complexity index is 681. The zero-order valence-electron chi connectivity index (χ0n) is 17.0. The maximum Gasteiger partial charge on any atom is 2.00 e. The van der Waals surface area contributed by atoms with E-state index in [1.807, 2.05) is 24.3 Å². The van der Waals surface area contributed by atoms with Gasteiger partial charge in [0, 0.05) is 0 Å². The Kier molecular flexibility index (Phi) is 9.98. The van der Waals surface area contributed by atoms with Crippen molar-refractivity contribution in [2.24, 2.45) is 0 Å². The van der Waals surface area contributed by atoms with E-state index in [0.29, 0.717) is 0 Å². The first-order valence-corrected chi connectivity index (χ1v) is 8.46. The zero-order chi connectivity index (χ0) is 20.1. The number of carboxylic acid groups (broad SMARTS) is 2. The van der Waals surface area contributed by atoms with E-state index in [0.717, 1.165) is 11.1 Å². The van der Waals surface area contributed by atoms with Crippen molar-refractivity contribution in [2.45, 2.75) is 52.4 Å². The van der Waals surface area contributed by atoms with Crippen molar-refractivity contribution in [1.29, 1.82) is 0 Å². The number of aromatic carboxylic acids is 2. The minimum absolute atomic E-state index is 0. The summed E-state index contributed by atoms with van der Waals surface area (Å²) in [7, 11) is 0. The van der Waals surface area contributed by atoms with Crippen molar-refractivity contribution < 1.29 is 19.8 Å². The average Bonchev–Trinajstić information content (AvgIpc) is 2.54. The van der Waals surface area contributed by atoms with E-state index in [4.69, 9.17) is 0 Å². The fourth-order valence-corrected chi connectivity index (χ4v) is 2.21. The summed E-state index contributed by atoms with van der Waals surface area (Å²) in [6, 6.07) is 13.6. The summed E-state index contributed by atoms with van der Waals surface area (Å²) in [5, 5.41) is 20.9. The molecule has 5 heteroatoms. The summed E-state index contributed by atoms with van der Waals surface area (Å²) < 4.78 is 0. The molecule has 0 saturated carbocycles. The fraction of sp³-hybridized carbons (Fsp3) is 0.364. The first-order chi connectivity index (χ1) is 11.8. The molecule has 2 rings (SSSR count). The molecule has 4 nitrogen and oxygen atoms in total. The predicted molar refractivity (Wildman–Crippen MR) is 105 cm³/mol. The van der Waals surface area contributed by atoms with Crippen molar-refractivity contribution in [3.05, 3.63) is 70.8 Å². The van der Waals surface area contributed by atoms with Crippen molar-refractivity contribution in [1.82, 2.24) is 0 Å². The van der Waals surface area contributed by atoms with Crippen LogP contribution in [0.4, 0.5) is 0 Å². The molecule has 140 valence electrons. The van der Waals surface area contributed by atoms with Crippen LogP contribution in [0, 0.1) is 0 Å². The van der Waals surface area contributed by atoms with E-state index in [-0.39, 0.29) is 67.4 Å². The summed E-state index contributed by atoms with van der Waals surface area (Å²) >= 11 is 0. The van der Waals surface area contributed by atoms with E-state index in [9.17, 15) is 19.8 Å². The molecular formula is C22H26O4Sr. The first kappa shape index (κ1) is 25.9. The molecule has 0 radical (unpaired) electrons. The smallest absolute Gasteiger partial charge is 0.545 e. The second kappa shape index (κ2) is 10.4. The Hall–Kier alpha value is -1.14. The Morgan fingerprint density at radius 1 is 0.593 bits per heavy atom. The Morgan fingerprint density at radius 2 is 0.815 bits per heavy atom. The predicted octanol–water partition coefficient (Wildman–Crippen LogP) is 2.31. The van der Waals surface area contributed by atoms with E-state index in [1.165, 1.54) is 0 Å². The summed E-state index contributed by atoms with van der Waals surface area (Å²) in [6.45, 7) is 12.5. The van der Waals surface area contributed by atoms with Gasteiger partial charge in [-0.1, -0.05) is 90.1 Å². The van der Waals surface area contributed by atoms with Crippen LogP contribution in [0.3, 0.4) is 0 Å². The maximum absolute atomic E-state index is 10.5. The van der Waals surface area contributed by atoms with Crippen molar-refractivity contribution in [3.8, 4) is 0 Å². The van der Waals surface area contributed by atoms with Crippen LogP contribution in [0.15, 0.2) is 48.5 Å². The minimum atomic E-state index is -1.12. The molecule has 0 aromatic heterocycles. The topological polar surface area (TPSA) is 80.3 Å². The SMILES string of the molecule is CC(C)(C)c1ccc(C(=O)[O-])cc1.CC(C)(C)c1ccc(C(=O)[O-])cc1.[Sr+2]. The third kappa shape index (κ3) is 8.60. The third-order valence-electron chi connectivity index (χ3n) is 3.97. The van der Waals surface area contributed by atoms with Crippen LogP contribution in [0.25, 0.3) is 0 Å². The van der Waals surface area contributed by atoms with Gasteiger partial charge in [0.05, 0.1) is 11.9 Å². The molecule has 0 N–H and O–H groups in total. The number of carbonyl (C=O) groups is 2. The average molecular weight is 442 g/mol. The van der Waals surface area contributed by atoms with Gasteiger partial charge < -0.3 is 19.8 Å². The molecule has 2 aromatic carbocycles.